The van der Waals surface area contributed by atoms with E-state index in [0.29, 0.717) is 0 Å². The van der Waals surface area contributed by atoms with Crippen LogP contribution < -0.4 is 0 Å². The monoisotopic (exact) mass is 826 g/mol. The number of hydrogen-bond acceptors (Lipinski definition) is 1. The molecule has 0 unspecified atom stereocenters. The molecule has 0 saturated heterocycles. The minimum atomic E-state index is 0.911. The molecule has 0 radical (unpaired) electrons. The van der Waals surface area contributed by atoms with Crippen molar-refractivity contribution in [3.05, 3.63) is 255 Å². The van der Waals surface area contributed by atoms with Gasteiger partial charge in [-0.25, -0.2) is 4.98 Å². The molecule has 304 valence electrons. The molecular weight excluding hydrogens is 785 g/mol. The maximum Gasteiger partial charge on any atom is 0.145 e. The molecular formula is C63H42N2. The van der Waals surface area contributed by atoms with E-state index in [-0.39, 0.29) is 0 Å². The molecule has 65 heavy (non-hydrogen) atoms. The van der Waals surface area contributed by atoms with Crippen LogP contribution in [-0.4, -0.2) is 9.55 Å². The summed E-state index contributed by atoms with van der Waals surface area (Å²) in [5, 5.41) is 4.75. The standard InChI is InChI=1S/C63H42N2/c1-6-20-43(21-7-1)48-36-49(44-22-8-2-9-23-44)39-52(38-48)61-55-30-16-17-31-56(55)62(53-40-50(45-24-10-3-11-25-45)37-51(41-53)46-26-12-4-13-27-46)58-42-54(34-35-57(58)61)65-60-33-19-18-32-59(60)64-63(65)47-28-14-5-15-29-47/h1-42H. The third-order valence-electron chi connectivity index (χ3n) is 12.7. The second kappa shape index (κ2) is 16.3. The molecule has 11 aromatic carbocycles. The van der Waals surface area contributed by atoms with Gasteiger partial charge >= 0.3 is 0 Å². The number of aromatic nitrogens is 2. The van der Waals surface area contributed by atoms with Gasteiger partial charge in [-0.3, -0.25) is 4.57 Å². The summed E-state index contributed by atoms with van der Waals surface area (Å²) < 4.78 is 2.34. The molecule has 0 bridgehead atoms. The van der Waals surface area contributed by atoms with Crippen molar-refractivity contribution in [2.45, 2.75) is 0 Å². The first-order valence-corrected chi connectivity index (χ1v) is 22.3. The van der Waals surface area contributed by atoms with Crippen LogP contribution in [0, 0.1) is 0 Å². The largest absolute Gasteiger partial charge is 0.292 e. The third kappa shape index (κ3) is 6.99. The molecule has 0 spiro atoms. The normalized spacial score (nSPS) is 11.4. The number of para-hydroxylation sites is 2. The van der Waals surface area contributed by atoms with E-state index in [1.807, 2.05) is 0 Å². The zero-order chi connectivity index (χ0) is 43.1. The molecule has 0 amide bonds. The van der Waals surface area contributed by atoms with E-state index in [1.165, 1.54) is 82.7 Å². The molecule has 0 atom stereocenters. The van der Waals surface area contributed by atoms with Crippen molar-refractivity contribution in [2.75, 3.05) is 0 Å². The van der Waals surface area contributed by atoms with Gasteiger partial charge in [0.05, 0.1) is 11.0 Å². The van der Waals surface area contributed by atoms with Gasteiger partial charge < -0.3 is 0 Å². The maximum atomic E-state index is 5.27. The predicted molar refractivity (Wildman–Crippen MR) is 274 cm³/mol. The van der Waals surface area contributed by atoms with Gasteiger partial charge in [-0.1, -0.05) is 194 Å². The molecule has 0 aliphatic carbocycles. The molecule has 2 heteroatoms. The number of nitrogens with zero attached hydrogens (tertiary/aromatic N) is 2. The number of benzene rings is 11. The van der Waals surface area contributed by atoms with Gasteiger partial charge in [0, 0.05) is 11.3 Å². The zero-order valence-electron chi connectivity index (χ0n) is 35.6. The first-order chi connectivity index (χ1) is 32.2. The fraction of sp³-hybridized carbons (Fsp3) is 0. The second-order valence-corrected chi connectivity index (χ2v) is 16.7. The first kappa shape index (κ1) is 38.1. The smallest absolute Gasteiger partial charge is 0.145 e. The molecule has 0 aliphatic heterocycles. The van der Waals surface area contributed by atoms with Gasteiger partial charge in [0.1, 0.15) is 5.82 Å². The maximum absolute atomic E-state index is 5.27. The van der Waals surface area contributed by atoms with E-state index >= 15 is 0 Å². The van der Waals surface area contributed by atoms with Crippen LogP contribution in [0.4, 0.5) is 0 Å². The van der Waals surface area contributed by atoms with Crippen LogP contribution in [0.15, 0.2) is 255 Å². The van der Waals surface area contributed by atoms with E-state index in [1.54, 1.807) is 0 Å². The van der Waals surface area contributed by atoms with Crippen LogP contribution in [0.1, 0.15) is 0 Å². The van der Waals surface area contributed by atoms with Crippen molar-refractivity contribution in [1.82, 2.24) is 9.55 Å². The van der Waals surface area contributed by atoms with Crippen LogP contribution in [0.5, 0.6) is 0 Å². The second-order valence-electron chi connectivity index (χ2n) is 16.7. The van der Waals surface area contributed by atoms with E-state index in [9.17, 15) is 0 Å². The Kier molecular flexibility index (Phi) is 9.54. The van der Waals surface area contributed by atoms with Gasteiger partial charge in [0.15, 0.2) is 0 Å². The van der Waals surface area contributed by atoms with Gasteiger partial charge in [0.2, 0.25) is 0 Å². The fourth-order valence-corrected chi connectivity index (χ4v) is 9.73. The summed E-state index contributed by atoms with van der Waals surface area (Å²) in [6, 6.07) is 92.4. The Balaban J connectivity index is 1.21. The minimum Gasteiger partial charge on any atom is -0.292 e. The Morgan fingerprint density at radius 2 is 0.600 bits per heavy atom. The molecule has 0 fully saturated rings. The molecule has 0 aliphatic rings. The van der Waals surface area contributed by atoms with Crippen LogP contribution in [0.3, 0.4) is 0 Å². The van der Waals surface area contributed by atoms with Crippen molar-refractivity contribution in [3.8, 4) is 83.8 Å². The van der Waals surface area contributed by atoms with Gasteiger partial charge in [-0.2, -0.15) is 0 Å². The fourth-order valence-electron chi connectivity index (χ4n) is 9.73. The van der Waals surface area contributed by atoms with Crippen molar-refractivity contribution in [2.24, 2.45) is 0 Å². The van der Waals surface area contributed by atoms with E-state index in [4.69, 9.17) is 4.98 Å². The Morgan fingerprint density at radius 3 is 1.06 bits per heavy atom. The van der Waals surface area contributed by atoms with E-state index in [2.05, 4.69) is 259 Å². The molecule has 2 nitrogen and oxygen atoms in total. The summed E-state index contributed by atoms with van der Waals surface area (Å²) in [5.74, 6) is 0.911. The summed E-state index contributed by atoms with van der Waals surface area (Å²) in [7, 11) is 0. The van der Waals surface area contributed by atoms with Gasteiger partial charge in [-0.15, -0.1) is 0 Å². The average molecular weight is 827 g/mol. The zero-order valence-corrected chi connectivity index (χ0v) is 35.6. The highest BCUT2D eigenvalue weighted by molar-refractivity contribution is 6.22. The predicted octanol–water partition coefficient (Wildman–Crippen LogP) is 17.0. The highest BCUT2D eigenvalue weighted by Gasteiger charge is 2.22. The van der Waals surface area contributed by atoms with Crippen molar-refractivity contribution in [1.29, 1.82) is 0 Å². The highest BCUT2D eigenvalue weighted by atomic mass is 15.1. The molecule has 12 rings (SSSR count). The lowest BCUT2D eigenvalue weighted by molar-refractivity contribution is 1.11. The van der Waals surface area contributed by atoms with Crippen molar-refractivity contribution >= 4 is 32.6 Å². The first-order valence-electron chi connectivity index (χ1n) is 22.3. The lowest BCUT2D eigenvalue weighted by Gasteiger charge is -2.21. The Labute approximate surface area is 379 Å². The average Bonchev–Trinajstić information content (AvgIpc) is 3.79. The van der Waals surface area contributed by atoms with Gasteiger partial charge in [-0.05, 0) is 149 Å². The Hall–Kier alpha value is -8.59. The summed E-state index contributed by atoms with van der Waals surface area (Å²) in [5.41, 5.74) is 18.3. The lowest BCUT2D eigenvalue weighted by Crippen LogP contribution is -1.99. The molecule has 1 heterocycles. The van der Waals surface area contributed by atoms with Crippen molar-refractivity contribution < 1.29 is 0 Å². The molecule has 0 N–H and O–H groups in total. The quantitative estimate of drug-likeness (QED) is 0.140. The van der Waals surface area contributed by atoms with Crippen LogP contribution in [-0.2, 0) is 0 Å². The summed E-state index contributed by atoms with van der Waals surface area (Å²) in [6.07, 6.45) is 0. The number of hydrogen-bond donors (Lipinski definition) is 0. The van der Waals surface area contributed by atoms with Crippen molar-refractivity contribution in [3.63, 3.8) is 0 Å². The Bertz CT molecular complexity index is 3550. The molecule has 0 saturated carbocycles. The summed E-state index contributed by atoms with van der Waals surface area (Å²) in [4.78, 5) is 5.27. The van der Waals surface area contributed by atoms with E-state index < -0.39 is 0 Å². The van der Waals surface area contributed by atoms with Gasteiger partial charge in [0.25, 0.3) is 0 Å². The summed E-state index contributed by atoms with van der Waals surface area (Å²) in [6.45, 7) is 0. The number of rotatable bonds is 8. The highest BCUT2D eigenvalue weighted by Crippen LogP contribution is 2.47. The number of fused-ring (bicyclic) bond motifs is 3. The van der Waals surface area contributed by atoms with E-state index in [0.717, 1.165) is 33.7 Å². The van der Waals surface area contributed by atoms with Crippen LogP contribution >= 0.6 is 0 Å². The topological polar surface area (TPSA) is 17.8 Å². The van der Waals surface area contributed by atoms with Crippen LogP contribution in [0.25, 0.3) is 116 Å². The van der Waals surface area contributed by atoms with Crippen LogP contribution in [0.2, 0.25) is 0 Å². The third-order valence-corrected chi connectivity index (χ3v) is 12.7. The Morgan fingerprint density at radius 1 is 0.246 bits per heavy atom. The SMILES string of the molecule is c1ccc(-c2cc(-c3ccccc3)cc(-c3c4ccccc4c(-c4cc(-c5ccccc5)cc(-c5ccccc5)c4)c4cc(-n5c(-c6ccccc6)nc6ccccc65)ccc34)c2)cc1. The molecule has 1 aromatic heterocycles. The number of imidazole rings is 1. The summed E-state index contributed by atoms with van der Waals surface area (Å²) >= 11 is 0. The molecule has 12 aromatic rings. The minimum absolute atomic E-state index is 0.911. The lowest BCUT2D eigenvalue weighted by atomic mass is 9.83.